The van der Waals surface area contributed by atoms with Gasteiger partial charge in [0.15, 0.2) is 0 Å². The van der Waals surface area contributed by atoms with Crippen LogP contribution < -0.4 is 0 Å². The lowest BCUT2D eigenvalue weighted by Crippen LogP contribution is -1.92. The Morgan fingerprint density at radius 2 is 2.06 bits per heavy atom. The quantitative estimate of drug-likeness (QED) is 0.799. The molecule has 0 saturated heterocycles. The zero-order chi connectivity index (χ0) is 12.1. The molecular formula is C15H19NO. The summed E-state index contributed by atoms with van der Waals surface area (Å²) >= 11 is 0. The molecule has 90 valence electrons. The minimum Gasteiger partial charge on any atom is -0.396 e. The fraction of sp³-hybridized carbons (Fsp3) is 0.400. The monoisotopic (exact) mass is 229 g/mol. The van der Waals surface area contributed by atoms with E-state index in [1.54, 1.807) is 0 Å². The first-order chi connectivity index (χ1) is 8.35. The average molecular weight is 229 g/mol. The van der Waals surface area contributed by atoms with Crippen LogP contribution in [0.3, 0.4) is 0 Å². The summed E-state index contributed by atoms with van der Waals surface area (Å²) < 4.78 is 0. The van der Waals surface area contributed by atoms with Crippen LogP contribution in [0.5, 0.6) is 0 Å². The lowest BCUT2D eigenvalue weighted by Gasteiger charge is -2.06. The summed E-state index contributed by atoms with van der Waals surface area (Å²) in [6.45, 7) is 2.44. The zero-order valence-electron chi connectivity index (χ0n) is 10.3. The van der Waals surface area contributed by atoms with Gasteiger partial charge in [-0.1, -0.05) is 19.1 Å². The number of fused-ring (bicyclic) bond motifs is 1. The van der Waals surface area contributed by atoms with Crippen LogP contribution in [0.2, 0.25) is 0 Å². The molecule has 0 bridgehead atoms. The van der Waals surface area contributed by atoms with Gasteiger partial charge >= 0.3 is 0 Å². The summed E-state index contributed by atoms with van der Waals surface area (Å²) in [5.74, 6) is 0. The molecule has 2 rings (SSSR count). The van der Waals surface area contributed by atoms with Crippen molar-refractivity contribution in [2.24, 2.45) is 0 Å². The standard InChI is InChI=1S/C15H19NO/c1-2-12-6-7-14-13(5-3-4-10-17)8-9-16-15(14)11-12/h6-9,11,17H,2-5,10H2,1H3. The lowest BCUT2D eigenvalue weighted by atomic mass is 10.0. The molecule has 2 aromatic rings. The normalized spacial score (nSPS) is 10.9. The maximum absolute atomic E-state index is 8.81. The molecule has 0 aliphatic heterocycles. The lowest BCUT2D eigenvalue weighted by molar-refractivity contribution is 0.284. The molecular weight excluding hydrogens is 210 g/mol. The van der Waals surface area contributed by atoms with Crippen LogP contribution in [0, 0.1) is 0 Å². The minimum absolute atomic E-state index is 0.281. The van der Waals surface area contributed by atoms with Crippen molar-refractivity contribution in [1.82, 2.24) is 4.98 Å². The molecule has 0 amide bonds. The Morgan fingerprint density at radius 3 is 2.82 bits per heavy atom. The first kappa shape index (κ1) is 12.1. The van der Waals surface area contributed by atoms with Gasteiger partial charge in [-0.25, -0.2) is 0 Å². The molecule has 0 saturated carbocycles. The van der Waals surface area contributed by atoms with Crippen LogP contribution in [-0.2, 0) is 12.8 Å². The van der Waals surface area contributed by atoms with Gasteiger partial charge < -0.3 is 5.11 Å². The summed E-state index contributed by atoms with van der Waals surface area (Å²) in [6, 6.07) is 8.62. The second-order valence-electron chi connectivity index (χ2n) is 4.36. The van der Waals surface area contributed by atoms with Crippen molar-refractivity contribution in [3.05, 3.63) is 41.6 Å². The maximum Gasteiger partial charge on any atom is 0.0707 e. The first-order valence-corrected chi connectivity index (χ1v) is 6.32. The number of pyridine rings is 1. The molecule has 0 spiro atoms. The van der Waals surface area contributed by atoms with Crippen LogP contribution >= 0.6 is 0 Å². The second-order valence-corrected chi connectivity index (χ2v) is 4.36. The number of aryl methyl sites for hydroxylation is 2. The Morgan fingerprint density at radius 1 is 1.18 bits per heavy atom. The number of hydrogen-bond donors (Lipinski definition) is 1. The predicted octanol–water partition coefficient (Wildman–Crippen LogP) is 3.11. The van der Waals surface area contributed by atoms with Crippen LogP contribution in [0.15, 0.2) is 30.5 Å². The van der Waals surface area contributed by atoms with Crippen molar-refractivity contribution in [3.8, 4) is 0 Å². The van der Waals surface area contributed by atoms with Crippen molar-refractivity contribution in [2.45, 2.75) is 32.6 Å². The Kier molecular flexibility index (Phi) is 4.10. The third kappa shape index (κ3) is 2.83. The molecule has 1 heterocycles. The maximum atomic E-state index is 8.81. The summed E-state index contributed by atoms with van der Waals surface area (Å²) in [5.41, 5.74) is 3.76. The average Bonchev–Trinajstić information content (AvgIpc) is 2.38. The van der Waals surface area contributed by atoms with Gasteiger partial charge in [0.2, 0.25) is 0 Å². The minimum atomic E-state index is 0.281. The summed E-state index contributed by atoms with van der Waals surface area (Å²) in [6.07, 6.45) is 5.86. The summed E-state index contributed by atoms with van der Waals surface area (Å²) in [4.78, 5) is 4.43. The number of aliphatic hydroxyl groups is 1. The van der Waals surface area contributed by atoms with E-state index >= 15 is 0 Å². The fourth-order valence-electron chi connectivity index (χ4n) is 2.12. The molecule has 0 aliphatic rings. The van der Waals surface area contributed by atoms with Gasteiger partial charge in [-0.2, -0.15) is 0 Å². The van der Waals surface area contributed by atoms with E-state index in [2.05, 4.69) is 36.2 Å². The molecule has 2 nitrogen and oxygen atoms in total. The van der Waals surface area contributed by atoms with E-state index in [4.69, 9.17) is 5.11 Å². The van der Waals surface area contributed by atoms with Gasteiger partial charge in [0.25, 0.3) is 0 Å². The predicted molar refractivity (Wildman–Crippen MR) is 71.1 cm³/mol. The van der Waals surface area contributed by atoms with Crippen LogP contribution in [0.1, 0.15) is 30.9 Å². The largest absolute Gasteiger partial charge is 0.396 e. The first-order valence-electron chi connectivity index (χ1n) is 6.32. The molecule has 1 aromatic heterocycles. The van der Waals surface area contributed by atoms with Gasteiger partial charge in [-0.3, -0.25) is 4.98 Å². The molecule has 0 radical (unpaired) electrons. The molecule has 0 fully saturated rings. The van der Waals surface area contributed by atoms with E-state index in [-0.39, 0.29) is 6.61 Å². The number of aliphatic hydroxyl groups excluding tert-OH is 1. The highest BCUT2D eigenvalue weighted by molar-refractivity contribution is 5.82. The number of aromatic nitrogens is 1. The van der Waals surface area contributed by atoms with Gasteiger partial charge in [-0.15, -0.1) is 0 Å². The van der Waals surface area contributed by atoms with E-state index in [1.165, 1.54) is 16.5 Å². The molecule has 1 N–H and O–H groups in total. The smallest absolute Gasteiger partial charge is 0.0707 e. The van der Waals surface area contributed by atoms with Crippen LogP contribution in [0.4, 0.5) is 0 Å². The van der Waals surface area contributed by atoms with E-state index in [9.17, 15) is 0 Å². The highest BCUT2D eigenvalue weighted by atomic mass is 16.2. The van der Waals surface area contributed by atoms with Crippen molar-refractivity contribution in [2.75, 3.05) is 6.61 Å². The van der Waals surface area contributed by atoms with Gasteiger partial charge in [0, 0.05) is 18.2 Å². The van der Waals surface area contributed by atoms with Gasteiger partial charge in [0.05, 0.1) is 5.52 Å². The summed E-state index contributed by atoms with van der Waals surface area (Å²) in [7, 11) is 0. The van der Waals surface area contributed by atoms with E-state index in [0.717, 1.165) is 31.2 Å². The van der Waals surface area contributed by atoms with Crippen molar-refractivity contribution < 1.29 is 5.11 Å². The van der Waals surface area contributed by atoms with Crippen molar-refractivity contribution in [3.63, 3.8) is 0 Å². The topological polar surface area (TPSA) is 33.1 Å². The van der Waals surface area contributed by atoms with E-state index in [0.29, 0.717) is 0 Å². The van der Waals surface area contributed by atoms with Gasteiger partial charge in [0.1, 0.15) is 0 Å². The zero-order valence-corrected chi connectivity index (χ0v) is 10.3. The Labute approximate surface area is 102 Å². The number of rotatable bonds is 5. The Bertz CT molecular complexity index is 493. The second kappa shape index (κ2) is 5.78. The van der Waals surface area contributed by atoms with Crippen LogP contribution in [-0.4, -0.2) is 16.7 Å². The summed E-state index contributed by atoms with van der Waals surface area (Å²) in [5, 5.41) is 10.1. The third-order valence-electron chi connectivity index (χ3n) is 3.16. The molecule has 1 aromatic carbocycles. The molecule has 0 aliphatic carbocycles. The van der Waals surface area contributed by atoms with E-state index in [1.807, 2.05) is 6.20 Å². The molecule has 17 heavy (non-hydrogen) atoms. The highest BCUT2D eigenvalue weighted by Crippen LogP contribution is 2.20. The van der Waals surface area contributed by atoms with Gasteiger partial charge in [-0.05, 0) is 48.9 Å². The number of hydrogen-bond acceptors (Lipinski definition) is 2. The van der Waals surface area contributed by atoms with E-state index < -0.39 is 0 Å². The molecule has 2 heteroatoms. The Hall–Kier alpha value is -1.41. The fourth-order valence-corrected chi connectivity index (χ4v) is 2.12. The number of nitrogens with zero attached hydrogens (tertiary/aromatic N) is 1. The third-order valence-corrected chi connectivity index (χ3v) is 3.16. The van der Waals surface area contributed by atoms with Crippen molar-refractivity contribution >= 4 is 10.9 Å². The Balaban J connectivity index is 2.30. The highest BCUT2D eigenvalue weighted by Gasteiger charge is 2.02. The van der Waals surface area contributed by atoms with Crippen LogP contribution in [0.25, 0.3) is 10.9 Å². The molecule has 0 atom stereocenters. The SMILES string of the molecule is CCc1ccc2c(CCCCO)ccnc2c1. The van der Waals surface area contributed by atoms with Crippen molar-refractivity contribution in [1.29, 1.82) is 0 Å². The molecule has 0 unspecified atom stereocenters. The number of benzene rings is 1. The number of unbranched alkanes of at least 4 members (excludes halogenated alkanes) is 1.